The number of ether oxygens (including phenoxy) is 1. The van der Waals surface area contributed by atoms with Crippen molar-refractivity contribution >= 4 is 11.9 Å². The summed E-state index contributed by atoms with van der Waals surface area (Å²) in [7, 11) is 0. The molecule has 0 aliphatic heterocycles. The maximum Gasteiger partial charge on any atom is 0.324 e. The molecule has 0 bridgehead atoms. The number of benzene rings is 3. The molecule has 0 saturated carbocycles. The van der Waals surface area contributed by atoms with Gasteiger partial charge < -0.3 is 15.6 Å². The van der Waals surface area contributed by atoms with Crippen molar-refractivity contribution in [1.82, 2.24) is 0 Å². The lowest BCUT2D eigenvalue weighted by molar-refractivity contribution is -0.156. The third-order valence-electron chi connectivity index (χ3n) is 6.68. The SMILES string of the molecule is N[C@@]1(C(=O)O)CCc2ccccc2[C@H]1C(=O)OCC1c2ccccc2-c2ccccc21. The van der Waals surface area contributed by atoms with Crippen LogP contribution in [0.15, 0.2) is 72.8 Å². The molecule has 0 heterocycles. The number of aryl methyl sites for hydroxylation is 1. The zero-order valence-corrected chi connectivity index (χ0v) is 17.0. The molecule has 3 N–H and O–H groups in total. The molecule has 0 fully saturated rings. The van der Waals surface area contributed by atoms with Crippen molar-refractivity contribution in [3.05, 3.63) is 95.1 Å². The maximum absolute atomic E-state index is 13.3. The molecule has 2 atom stereocenters. The highest BCUT2D eigenvalue weighted by Gasteiger charge is 2.51. The maximum atomic E-state index is 13.3. The lowest BCUT2D eigenvalue weighted by Gasteiger charge is -2.37. The first-order valence-electron chi connectivity index (χ1n) is 10.5. The summed E-state index contributed by atoms with van der Waals surface area (Å²) < 4.78 is 5.80. The van der Waals surface area contributed by atoms with Crippen molar-refractivity contribution < 1.29 is 19.4 Å². The number of aliphatic carboxylic acids is 1. The number of carbonyl (C=O) groups is 2. The number of carbonyl (C=O) groups excluding carboxylic acids is 1. The molecular formula is C26H23NO4. The van der Waals surface area contributed by atoms with Crippen molar-refractivity contribution in [2.24, 2.45) is 5.73 Å². The first-order valence-corrected chi connectivity index (χ1v) is 10.5. The van der Waals surface area contributed by atoms with Crippen LogP contribution in [0.5, 0.6) is 0 Å². The minimum atomic E-state index is -1.68. The van der Waals surface area contributed by atoms with E-state index < -0.39 is 23.4 Å². The Morgan fingerprint density at radius 2 is 1.45 bits per heavy atom. The van der Waals surface area contributed by atoms with Crippen molar-refractivity contribution in [3.63, 3.8) is 0 Å². The number of hydrogen-bond donors (Lipinski definition) is 2. The summed E-state index contributed by atoms with van der Waals surface area (Å²) in [6.45, 7) is 0.140. The van der Waals surface area contributed by atoms with Crippen LogP contribution in [0, 0.1) is 0 Å². The number of fused-ring (bicyclic) bond motifs is 4. The van der Waals surface area contributed by atoms with E-state index in [1.54, 1.807) is 12.1 Å². The van der Waals surface area contributed by atoms with Crippen LogP contribution in [0.2, 0.25) is 0 Å². The minimum absolute atomic E-state index is 0.0906. The van der Waals surface area contributed by atoms with Gasteiger partial charge in [0.2, 0.25) is 0 Å². The molecule has 5 heteroatoms. The number of carboxylic acids is 1. The highest BCUT2D eigenvalue weighted by molar-refractivity contribution is 5.92. The zero-order chi connectivity index (χ0) is 21.6. The Bertz CT molecular complexity index is 1140. The molecule has 2 aliphatic carbocycles. The van der Waals surface area contributed by atoms with E-state index >= 15 is 0 Å². The van der Waals surface area contributed by atoms with Crippen molar-refractivity contribution in [2.45, 2.75) is 30.2 Å². The average Bonchev–Trinajstić information content (AvgIpc) is 3.11. The van der Waals surface area contributed by atoms with Crippen molar-refractivity contribution in [3.8, 4) is 11.1 Å². The van der Waals surface area contributed by atoms with Gasteiger partial charge in [-0.15, -0.1) is 0 Å². The van der Waals surface area contributed by atoms with Gasteiger partial charge >= 0.3 is 11.9 Å². The largest absolute Gasteiger partial charge is 0.480 e. The molecule has 2 aliphatic rings. The van der Waals surface area contributed by atoms with E-state index in [9.17, 15) is 14.7 Å². The van der Waals surface area contributed by atoms with Gasteiger partial charge in [0.25, 0.3) is 0 Å². The van der Waals surface area contributed by atoms with Crippen molar-refractivity contribution in [2.75, 3.05) is 6.61 Å². The van der Waals surface area contributed by atoms with Gasteiger partial charge in [0, 0.05) is 5.92 Å². The summed E-state index contributed by atoms with van der Waals surface area (Å²) >= 11 is 0. The van der Waals surface area contributed by atoms with Crippen LogP contribution in [0.4, 0.5) is 0 Å². The molecule has 0 aromatic heterocycles. The van der Waals surface area contributed by atoms with E-state index in [-0.39, 0.29) is 18.9 Å². The van der Waals surface area contributed by atoms with Crippen LogP contribution in [-0.4, -0.2) is 29.2 Å². The third kappa shape index (κ3) is 3.04. The van der Waals surface area contributed by atoms with Gasteiger partial charge in [0.1, 0.15) is 18.1 Å². The Balaban J connectivity index is 1.46. The van der Waals surface area contributed by atoms with E-state index in [0.29, 0.717) is 12.0 Å². The fraction of sp³-hybridized carbons (Fsp3) is 0.231. The second kappa shape index (κ2) is 7.36. The zero-order valence-electron chi connectivity index (χ0n) is 17.0. The molecule has 0 radical (unpaired) electrons. The van der Waals surface area contributed by atoms with Gasteiger partial charge in [0.05, 0.1) is 0 Å². The highest BCUT2D eigenvalue weighted by atomic mass is 16.5. The molecule has 0 spiro atoms. The number of carboxylic acid groups (broad SMARTS) is 1. The third-order valence-corrected chi connectivity index (χ3v) is 6.68. The van der Waals surface area contributed by atoms with Gasteiger partial charge in [-0.3, -0.25) is 9.59 Å². The fourth-order valence-corrected chi connectivity index (χ4v) is 5.06. The minimum Gasteiger partial charge on any atom is -0.480 e. The molecule has 0 amide bonds. The average molecular weight is 413 g/mol. The normalized spacial score (nSPS) is 21.6. The molecule has 31 heavy (non-hydrogen) atoms. The molecule has 3 aromatic carbocycles. The Labute approximate surface area is 180 Å². The van der Waals surface area contributed by atoms with Crippen LogP contribution in [-0.2, 0) is 20.7 Å². The molecule has 5 nitrogen and oxygen atoms in total. The summed E-state index contributed by atoms with van der Waals surface area (Å²) in [5, 5.41) is 9.85. The van der Waals surface area contributed by atoms with Gasteiger partial charge in [-0.05, 0) is 46.2 Å². The first kappa shape index (κ1) is 19.5. The topological polar surface area (TPSA) is 89.6 Å². The lowest BCUT2D eigenvalue weighted by Crippen LogP contribution is -2.57. The summed E-state index contributed by atoms with van der Waals surface area (Å²) in [5.74, 6) is -2.89. The van der Waals surface area contributed by atoms with Gasteiger partial charge in [0.15, 0.2) is 0 Å². The van der Waals surface area contributed by atoms with Crippen LogP contribution in [0.25, 0.3) is 11.1 Å². The van der Waals surface area contributed by atoms with Crippen molar-refractivity contribution in [1.29, 1.82) is 0 Å². The summed E-state index contributed by atoms with van der Waals surface area (Å²) in [5.41, 5.74) is 10.7. The second-order valence-corrected chi connectivity index (χ2v) is 8.33. The predicted molar refractivity (Wildman–Crippen MR) is 117 cm³/mol. The van der Waals surface area contributed by atoms with Crippen LogP contribution in [0.1, 0.15) is 40.5 Å². The fourth-order valence-electron chi connectivity index (χ4n) is 5.06. The summed E-state index contributed by atoms with van der Waals surface area (Å²) in [6, 6.07) is 23.6. The number of nitrogens with two attached hydrogens (primary N) is 1. The van der Waals surface area contributed by atoms with Crippen LogP contribution in [0.3, 0.4) is 0 Å². The molecule has 5 rings (SSSR count). The molecule has 0 saturated heterocycles. The van der Waals surface area contributed by atoms with E-state index in [0.717, 1.165) is 27.8 Å². The van der Waals surface area contributed by atoms with Gasteiger partial charge in [-0.25, -0.2) is 0 Å². The van der Waals surface area contributed by atoms with E-state index in [1.807, 2.05) is 48.5 Å². The monoisotopic (exact) mass is 413 g/mol. The number of esters is 1. The molecule has 0 unspecified atom stereocenters. The molecular weight excluding hydrogens is 390 g/mol. The highest BCUT2D eigenvalue weighted by Crippen LogP contribution is 2.45. The molecule has 3 aromatic rings. The van der Waals surface area contributed by atoms with Crippen LogP contribution < -0.4 is 5.73 Å². The second-order valence-electron chi connectivity index (χ2n) is 8.33. The first-order chi connectivity index (χ1) is 15.0. The lowest BCUT2D eigenvalue weighted by atomic mass is 9.70. The van der Waals surface area contributed by atoms with E-state index in [2.05, 4.69) is 12.1 Å². The summed E-state index contributed by atoms with van der Waals surface area (Å²) in [6.07, 6.45) is 0.709. The van der Waals surface area contributed by atoms with Gasteiger partial charge in [-0.1, -0.05) is 72.8 Å². The van der Waals surface area contributed by atoms with Crippen LogP contribution >= 0.6 is 0 Å². The number of rotatable bonds is 4. The van der Waals surface area contributed by atoms with Gasteiger partial charge in [-0.2, -0.15) is 0 Å². The van der Waals surface area contributed by atoms with E-state index in [4.69, 9.17) is 10.5 Å². The predicted octanol–water partition coefficient (Wildman–Crippen LogP) is 3.85. The smallest absolute Gasteiger partial charge is 0.324 e. The Morgan fingerprint density at radius 1 is 0.903 bits per heavy atom. The quantitative estimate of drug-likeness (QED) is 0.634. The Kier molecular flexibility index (Phi) is 4.63. The van der Waals surface area contributed by atoms with E-state index in [1.165, 1.54) is 0 Å². The molecule has 156 valence electrons. The summed E-state index contributed by atoms with van der Waals surface area (Å²) in [4.78, 5) is 25.4. The standard InChI is InChI=1S/C26H23NO4/c27-26(25(29)30)14-13-16-7-1-2-8-17(16)23(26)24(28)31-15-22-20-11-5-3-9-18(20)19-10-4-6-12-21(19)22/h1-12,22-23H,13-15,27H2,(H,29,30)/t23-,26-/m0/s1. The Morgan fingerprint density at radius 3 is 2.06 bits per heavy atom. The Hall–Kier alpha value is -3.44. The number of hydrogen-bond acceptors (Lipinski definition) is 4.